The molecule has 1 aromatic rings. The molecule has 3 rings (SSSR count). The zero-order valence-corrected chi connectivity index (χ0v) is 13.9. The predicted molar refractivity (Wildman–Crippen MR) is 76.7 cm³/mol. The highest BCUT2D eigenvalue weighted by atomic mass is 79.9. The van der Waals surface area contributed by atoms with Crippen molar-refractivity contribution in [2.75, 3.05) is 19.6 Å². The van der Waals surface area contributed by atoms with Crippen LogP contribution in [-0.4, -0.2) is 64.3 Å². The van der Waals surface area contributed by atoms with Gasteiger partial charge in [0, 0.05) is 32.2 Å². The third-order valence-corrected chi connectivity index (χ3v) is 7.04. The molecule has 0 aliphatic carbocycles. The summed E-state index contributed by atoms with van der Waals surface area (Å²) in [5, 5.41) is 7.69. The quantitative estimate of drug-likeness (QED) is 0.762. The van der Waals surface area contributed by atoms with Crippen LogP contribution in [0.25, 0.3) is 0 Å². The van der Waals surface area contributed by atoms with Crippen LogP contribution in [0.5, 0.6) is 0 Å². The fourth-order valence-corrected chi connectivity index (χ4v) is 5.90. The Bertz CT molecular complexity index is 597. The van der Waals surface area contributed by atoms with E-state index in [-0.39, 0.29) is 15.7 Å². The van der Waals surface area contributed by atoms with Crippen LogP contribution >= 0.6 is 15.9 Å². The van der Waals surface area contributed by atoms with Crippen molar-refractivity contribution >= 4 is 26.0 Å². The van der Waals surface area contributed by atoms with Gasteiger partial charge in [-0.15, -0.1) is 5.10 Å². The summed E-state index contributed by atoms with van der Waals surface area (Å²) in [5.74, 6) is 0. The number of hydrogen-bond donors (Lipinski definition) is 0. The molecule has 0 spiro atoms. The van der Waals surface area contributed by atoms with Gasteiger partial charge in [-0.2, -0.15) is 4.31 Å². The summed E-state index contributed by atoms with van der Waals surface area (Å²) >= 11 is 3.19. The molecule has 0 amide bonds. The van der Waals surface area contributed by atoms with E-state index in [1.807, 2.05) is 6.92 Å². The van der Waals surface area contributed by atoms with Crippen molar-refractivity contribution < 1.29 is 8.42 Å². The Balaban J connectivity index is 1.95. The van der Waals surface area contributed by atoms with Gasteiger partial charge in [0.05, 0.1) is 0 Å². The third kappa shape index (κ3) is 2.20. The van der Waals surface area contributed by atoms with Crippen LogP contribution in [0.3, 0.4) is 0 Å². The lowest BCUT2D eigenvalue weighted by atomic mass is 10.1. The Labute approximate surface area is 127 Å². The van der Waals surface area contributed by atoms with E-state index < -0.39 is 10.0 Å². The van der Waals surface area contributed by atoms with Crippen LogP contribution in [0.1, 0.15) is 19.8 Å². The summed E-state index contributed by atoms with van der Waals surface area (Å²) < 4.78 is 28.9. The third-order valence-electron chi connectivity index (χ3n) is 4.17. The summed E-state index contributed by atoms with van der Waals surface area (Å²) in [6, 6.07) is 0.317. The van der Waals surface area contributed by atoms with E-state index in [4.69, 9.17) is 0 Å². The molecule has 2 saturated heterocycles. The average Bonchev–Trinajstić information content (AvgIpc) is 2.94. The van der Waals surface area contributed by atoms with E-state index >= 15 is 0 Å². The van der Waals surface area contributed by atoms with Crippen molar-refractivity contribution in [3.63, 3.8) is 0 Å². The number of halogens is 1. The predicted octanol–water partition coefficient (Wildman–Crippen LogP) is 0.435. The van der Waals surface area contributed by atoms with Crippen molar-refractivity contribution in [2.24, 2.45) is 7.05 Å². The van der Waals surface area contributed by atoms with Crippen LogP contribution in [0.2, 0.25) is 0 Å². The molecule has 0 radical (unpaired) electrons. The van der Waals surface area contributed by atoms with E-state index in [2.05, 4.69) is 31.1 Å². The summed E-state index contributed by atoms with van der Waals surface area (Å²) in [6.45, 7) is 4.40. The normalized spacial score (nSPS) is 28.8. The van der Waals surface area contributed by atoms with Gasteiger partial charge in [-0.25, -0.2) is 13.1 Å². The second-order valence-corrected chi connectivity index (χ2v) is 8.08. The molecular formula is C11H18BrN5O2S. The number of hydrogen-bond acceptors (Lipinski definition) is 5. The average molecular weight is 364 g/mol. The Hall–Kier alpha value is -0.510. The molecule has 3 heterocycles. The van der Waals surface area contributed by atoms with E-state index in [1.165, 1.54) is 4.68 Å². The van der Waals surface area contributed by atoms with Crippen molar-refractivity contribution in [1.29, 1.82) is 0 Å². The smallest absolute Gasteiger partial charge is 0.263 e. The fraction of sp³-hybridized carbons (Fsp3) is 0.818. The van der Waals surface area contributed by atoms with Crippen molar-refractivity contribution in [1.82, 2.24) is 24.2 Å². The molecule has 2 fully saturated rings. The zero-order chi connectivity index (χ0) is 14.5. The molecule has 1 aromatic heterocycles. The van der Waals surface area contributed by atoms with Gasteiger partial charge < -0.3 is 0 Å². The lowest BCUT2D eigenvalue weighted by molar-refractivity contribution is 0.116. The molecule has 0 saturated carbocycles. The number of aromatic nitrogens is 3. The Kier molecular flexibility index (Phi) is 3.64. The number of nitrogens with zero attached hydrogens (tertiary/aromatic N) is 5. The van der Waals surface area contributed by atoms with Crippen molar-refractivity contribution in [3.8, 4) is 0 Å². The number of sulfonamides is 1. The maximum absolute atomic E-state index is 12.9. The Morgan fingerprint density at radius 3 is 2.75 bits per heavy atom. The summed E-state index contributed by atoms with van der Waals surface area (Å²) in [4.78, 5) is 2.40. The van der Waals surface area contributed by atoms with Gasteiger partial charge in [0.2, 0.25) is 5.03 Å². The van der Waals surface area contributed by atoms with E-state index in [0.717, 1.165) is 25.9 Å². The molecular weight excluding hydrogens is 346 g/mol. The minimum atomic E-state index is -3.57. The van der Waals surface area contributed by atoms with Crippen LogP contribution in [0.4, 0.5) is 0 Å². The van der Waals surface area contributed by atoms with Gasteiger partial charge in [-0.3, -0.25) is 4.90 Å². The number of rotatable bonds is 2. The number of piperazine rings is 1. The molecule has 20 heavy (non-hydrogen) atoms. The van der Waals surface area contributed by atoms with Gasteiger partial charge >= 0.3 is 0 Å². The van der Waals surface area contributed by atoms with E-state index in [1.54, 1.807) is 11.4 Å². The molecule has 2 aliphatic heterocycles. The monoisotopic (exact) mass is 363 g/mol. The molecule has 112 valence electrons. The van der Waals surface area contributed by atoms with E-state index in [9.17, 15) is 8.42 Å². The Morgan fingerprint density at radius 2 is 2.10 bits per heavy atom. The van der Waals surface area contributed by atoms with Crippen molar-refractivity contribution in [2.45, 2.75) is 36.9 Å². The maximum Gasteiger partial charge on any atom is 0.263 e. The number of fused-ring (bicyclic) bond motifs is 1. The van der Waals surface area contributed by atoms with E-state index in [0.29, 0.717) is 12.6 Å². The first-order chi connectivity index (χ1) is 9.41. The zero-order valence-electron chi connectivity index (χ0n) is 11.5. The lowest BCUT2D eigenvalue weighted by Crippen LogP contribution is -2.56. The molecule has 7 nitrogen and oxygen atoms in total. The molecule has 2 unspecified atom stereocenters. The van der Waals surface area contributed by atoms with Gasteiger partial charge in [0.25, 0.3) is 10.0 Å². The topological polar surface area (TPSA) is 71.3 Å². The summed E-state index contributed by atoms with van der Waals surface area (Å²) in [7, 11) is -1.97. The van der Waals surface area contributed by atoms with Crippen LogP contribution in [-0.2, 0) is 17.1 Å². The molecule has 0 N–H and O–H groups in total. The second kappa shape index (κ2) is 5.04. The highest BCUT2D eigenvalue weighted by Gasteiger charge is 2.42. The van der Waals surface area contributed by atoms with Crippen LogP contribution < -0.4 is 0 Å². The van der Waals surface area contributed by atoms with Crippen LogP contribution in [0.15, 0.2) is 9.63 Å². The second-order valence-electron chi connectivity index (χ2n) is 5.52. The summed E-state index contributed by atoms with van der Waals surface area (Å²) in [6.07, 6.45) is 2.23. The first-order valence-electron chi connectivity index (χ1n) is 6.72. The molecule has 2 atom stereocenters. The minimum Gasteiger partial charge on any atom is -0.297 e. The van der Waals surface area contributed by atoms with Gasteiger partial charge in [-0.1, -0.05) is 5.21 Å². The van der Waals surface area contributed by atoms with Crippen molar-refractivity contribution in [3.05, 3.63) is 4.60 Å². The SMILES string of the molecule is CC1CN2CCCC2CN1S(=O)(=O)c1c(Br)nnn1C. The first-order valence-corrected chi connectivity index (χ1v) is 8.95. The fourth-order valence-electron chi connectivity index (χ4n) is 3.20. The summed E-state index contributed by atoms with van der Waals surface area (Å²) in [5.41, 5.74) is 0. The standard InChI is InChI=1S/C11H18BrN5O2S/c1-8-6-16-5-3-4-9(16)7-17(8)20(18,19)11-10(12)13-14-15(11)2/h8-9H,3-7H2,1-2H3. The first kappa shape index (κ1) is 14.4. The van der Waals surface area contributed by atoms with Gasteiger partial charge in [0.15, 0.2) is 4.60 Å². The molecule has 0 aromatic carbocycles. The van der Waals surface area contributed by atoms with Gasteiger partial charge in [-0.05, 0) is 42.2 Å². The molecule has 0 bridgehead atoms. The minimum absolute atomic E-state index is 0.0313. The molecule has 9 heteroatoms. The number of aryl methyl sites for hydroxylation is 1. The van der Waals surface area contributed by atoms with Gasteiger partial charge in [0.1, 0.15) is 0 Å². The largest absolute Gasteiger partial charge is 0.297 e. The maximum atomic E-state index is 12.9. The Morgan fingerprint density at radius 1 is 1.35 bits per heavy atom. The lowest BCUT2D eigenvalue weighted by Gasteiger charge is -2.41. The highest BCUT2D eigenvalue weighted by Crippen LogP contribution is 2.30. The van der Waals surface area contributed by atoms with Crippen LogP contribution in [0, 0.1) is 0 Å². The molecule has 2 aliphatic rings. The highest BCUT2D eigenvalue weighted by molar-refractivity contribution is 9.10.